The first-order chi connectivity index (χ1) is 12.5. The van der Waals surface area contributed by atoms with Gasteiger partial charge in [0.1, 0.15) is 0 Å². The van der Waals surface area contributed by atoms with Gasteiger partial charge in [-0.1, -0.05) is 45.2 Å². The van der Waals surface area contributed by atoms with Gasteiger partial charge in [0.2, 0.25) is 0 Å². The molecular weight excluding hydrogens is 451 g/mol. The van der Waals surface area contributed by atoms with Crippen molar-refractivity contribution in [2.24, 2.45) is 10.9 Å². The molecule has 5 nitrogen and oxygen atoms in total. The minimum absolute atomic E-state index is 0. The Hall–Kier alpha value is -1.31. The van der Waals surface area contributed by atoms with Crippen molar-refractivity contribution in [3.63, 3.8) is 0 Å². The monoisotopic (exact) mass is 488 g/mol. The number of carbonyl (C=O) groups excluding carboxylic acids is 1. The van der Waals surface area contributed by atoms with Crippen LogP contribution in [0.25, 0.3) is 0 Å². The largest absolute Gasteiger partial charge is 0.356 e. The summed E-state index contributed by atoms with van der Waals surface area (Å²) in [5, 5.41) is 6.81. The quantitative estimate of drug-likeness (QED) is 0.298. The average molecular weight is 488 g/mol. The van der Waals surface area contributed by atoms with E-state index in [1.165, 1.54) is 25.7 Å². The van der Waals surface area contributed by atoms with Crippen molar-refractivity contribution >= 4 is 35.8 Å². The van der Waals surface area contributed by atoms with Gasteiger partial charge in [0.15, 0.2) is 5.96 Å². The zero-order valence-corrected chi connectivity index (χ0v) is 19.9. The maximum atomic E-state index is 12.1. The fraction of sp³-hybridized carbons (Fsp3) is 0.619. The first-order valence-corrected chi connectivity index (χ1v) is 9.76. The molecule has 1 atom stereocenters. The van der Waals surface area contributed by atoms with E-state index in [4.69, 9.17) is 0 Å². The van der Waals surface area contributed by atoms with Gasteiger partial charge >= 0.3 is 0 Å². The molecule has 0 aromatic heterocycles. The van der Waals surface area contributed by atoms with Crippen molar-refractivity contribution in [2.75, 3.05) is 34.2 Å². The average Bonchev–Trinajstić information content (AvgIpc) is 2.66. The lowest BCUT2D eigenvalue weighted by Crippen LogP contribution is -2.40. The van der Waals surface area contributed by atoms with Crippen LogP contribution in [0.2, 0.25) is 0 Å². The first kappa shape index (κ1) is 25.7. The number of nitrogens with zero attached hydrogens (tertiary/aromatic N) is 2. The SMILES string of the molecule is CCCCC(CC)CNC(=NC)NCCc1cccc(C(=O)N(C)C)c1.I. The summed E-state index contributed by atoms with van der Waals surface area (Å²) in [6.07, 6.45) is 5.84. The van der Waals surface area contributed by atoms with Crippen LogP contribution in [0.5, 0.6) is 0 Å². The molecule has 0 aliphatic heterocycles. The van der Waals surface area contributed by atoms with Crippen LogP contribution in [0.15, 0.2) is 29.3 Å². The van der Waals surface area contributed by atoms with Crippen LogP contribution < -0.4 is 10.6 Å². The number of rotatable bonds is 10. The highest BCUT2D eigenvalue weighted by Gasteiger charge is 2.09. The molecule has 0 heterocycles. The lowest BCUT2D eigenvalue weighted by Gasteiger charge is -2.18. The number of aliphatic imine (C=N–C) groups is 1. The molecule has 1 aromatic rings. The minimum atomic E-state index is 0. The smallest absolute Gasteiger partial charge is 0.253 e. The molecule has 27 heavy (non-hydrogen) atoms. The number of hydrogen-bond acceptors (Lipinski definition) is 2. The van der Waals surface area contributed by atoms with Crippen LogP contribution in [-0.4, -0.2) is 51.0 Å². The number of hydrogen-bond donors (Lipinski definition) is 2. The number of unbranched alkanes of at least 4 members (excludes halogenated alkanes) is 1. The summed E-state index contributed by atoms with van der Waals surface area (Å²) < 4.78 is 0. The van der Waals surface area contributed by atoms with Crippen molar-refractivity contribution in [1.82, 2.24) is 15.5 Å². The van der Waals surface area contributed by atoms with Crippen LogP contribution >= 0.6 is 24.0 Å². The van der Waals surface area contributed by atoms with E-state index in [0.29, 0.717) is 5.92 Å². The van der Waals surface area contributed by atoms with E-state index in [0.717, 1.165) is 36.6 Å². The van der Waals surface area contributed by atoms with Gasteiger partial charge in [-0.15, -0.1) is 24.0 Å². The Labute approximate surface area is 182 Å². The molecule has 0 spiro atoms. The number of halogens is 1. The third-order valence-electron chi connectivity index (χ3n) is 4.61. The predicted molar refractivity (Wildman–Crippen MR) is 126 cm³/mol. The molecule has 6 heteroatoms. The Morgan fingerprint density at radius 1 is 1.22 bits per heavy atom. The molecule has 0 saturated carbocycles. The van der Waals surface area contributed by atoms with E-state index < -0.39 is 0 Å². The molecule has 1 rings (SSSR count). The van der Waals surface area contributed by atoms with E-state index >= 15 is 0 Å². The molecule has 2 N–H and O–H groups in total. The minimum Gasteiger partial charge on any atom is -0.356 e. The van der Waals surface area contributed by atoms with Gasteiger partial charge < -0.3 is 15.5 Å². The second-order valence-corrected chi connectivity index (χ2v) is 6.95. The van der Waals surface area contributed by atoms with Crippen LogP contribution in [0.4, 0.5) is 0 Å². The van der Waals surface area contributed by atoms with Gasteiger partial charge in [0, 0.05) is 39.8 Å². The van der Waals surface area contributed by atoms with Crippen LogP contribution in [0.3, 0.4) is 0 Å². The van der Waals surface area contributed by atoms with Gasteiger partial charge in [-0.2, -0.15) is 0 Å². The zero-order valence-electron chi connectivity index (χ0n) is 17.5. The molecular formula is C21H37IN4O. The second kappa shape index (κ2) is 14.7. The molecule has 0 aliphatic rings. The summed E-state index contributed by atoms with van der Waals surface area (Å²) in [5.74, 6) is 1.58. The van der Waals surface area contributed by atoms with Gasteiger partial charge in [-0.25, -0.2) is 0 Å². The maximum absolute atomic E-state index is 12.1. The molecule has 0 fully saturated rings. The highest BCUT2D eigenvalue weighted by Crippen LogP contribution is 2.11. The third kappa shape index (κ3) is 9.98. The van der Waals surface area contributed by atoms with Gasteiger partial charge in [0.05, 0.1) is 0 Å². The Balaban J connectivity index is 0.00000676. The van der Waals surface area contributed by atoms with Gasteiger partial charge in [0.25, 0.3) is 5.91 Å². The van der Waals surface area contributed by atoms with E-state index in [-0.39, 0.29) is 29.9 Å². The molecule has 1 amide bonds. The van der Waals surface area contributed by atoms with Crippen molar-refractivity contribution in [2.45, 2.75) is 46.0 Å². The molecule has 0 saturated heterocycles. The Morgan fingerprint density at radius 2 is 1.96 bits per heavy atom. The van der Waals surface area contributed by atoms with Crippen LogP contribution in [-0.2, 0) is 6.42 Å². The van der Waals surface area contributed by atoms with E-state index in [2.05, 4.69) is 35.5 Å². The topological polar surface area (TPSA) is 56.7 Å². The lowest BCUT2D eigenvalue weighted by molar-refractivity contribution is 0.0827. The Bertz CT molecular complexity index is 575. The molecule has 0 bridgehead atoms. The molecule has 1 aromatic carbocycles. The third-order valence-corrected chi connectivity index (χ3v) is 4.61. The Kier molecular flexibility index (Phi) is 14.0. The summed E-state index contributed by atoms with van der Waals surface area (Å²) in [7, 11) is 5.35. The summed E-state index contributed by atoms with van der Waals surface area (Å²) in [6.45, 7) is 6.23. The number of guanidine groups is 1. The lowest BCUT2D eigenvalue weighted by atomic mass is 9.99. The normalized spacial score (nSPS) is 12.1. The molecule has 154 valence electrons. The van der Waals surface area contributed by atoms with E-state index in [1.807, 2.05) is 18.2 Å². The van der Waals surface area contributed by atoms with Gasteiger partial charge in [-0.05, 0) is 36.5 Å². The molecule has 0 aliphatic carbocycles. The zero-order chi connectivity index (χ0) is 19.4. The fourth-order valence-corrected chi connectivity index (χ4v) is 2.85. The first-order valence-electron chi connectivity index (χ1n) is 9.76. The summed E-state index contributed by atoms with van der Waals surface area (Å²) in [6, 6.07) is 7.83. The van der Waals surface area contributed by atoms with Crippen molar-refractivity contribution < 1.29 is 4.79 Å². The van der Waals surface area contributed by atoms with Crippen molar-refractivity contribution in [1.29, 1.82) is 0 Å². The number of amides is 1. The predicted octanol–water partition coefficient (Wildman–Crippen LogP) is 3.93. The fourth-order valence-electron chi connectivity index (χ4n) is 2.85. The van der Waals surface area contributed by atoms with E-state index in [9.17, 15) is 4.79 Å². The summed E-state index contributed by atoms with van der Waals surface area (Å²) >= 11 is 0. The summed E-state index contributed by atoms with van der Waals surface area (Å²) in [5.41, 5.74) is 1.88. The number of carbonyl (C=O) groups is 1. The van der Waals surface area contributed by atoms with E-state index in [1.54, 1.807) is 26.0 Å². The summed E-state index contributed by atoms with van der Waals surface area (Å²) in [4.78, 5) is 18.0. The van der Waals surface area contributed by atoms with Crippen LogP contribution in [0.1, 0.15) is 55.5 Å². The highest BCUT2D eigenvalue weighted by atomic mass is 127. The van der Waals surface area contributed by atoms with Crippen LogP contribution in [0, 0.1) is 5.92 Å². The van der Waals surface area contributed by atoms with Crippen molar-refractivity contribution in [3.8, 4) is 0 Å². The number of nitrogens with one attached hydrogen (secondary N) is 2. The Morgan fingerprint density at radius 3 is 2.56 bits per heavy atom. The number of benzene rings is 1. The second-order valence-electron chi connectivity index (χ2n) is 6.95. The van der Waals surface area contributed by atoms with Gasteiger partial charge in [-0.3, -0.25) is 9.79 Å². The highest BCUT2D eigenvalue weighted by molar-refractivity contribution is 14.0. The molecule has 1 unspecified atom stereocenters. The molecule has 0 radical (unpaired) electrons. The van der Waals surface area contributed by atoms with Crippen molar-refractivity contribution in [3.05, 3.63) is 35.4 Å². The standard InChI is InChI=1S/C21H36N4O.HI/c1-6-8-10-17(7-2)16-24-21(22-3)23-14-13-18-11-9-12-19(15-18)20(26)25(4)5;/h9,11-12,15,17H,6-8,10,13-14,16H2,1-5H3,(H2,22,23,24);1H. The maximum Gasteiger partial charge on any atom is 0.253 e.